The molecule has 4 heteroatoms. The highest BCUT2D eigenvalue weighted by Crippen LogP contribution is 2.23. The van der Waals surface area contributed by atoms with Crippen LogP contribution in [0.2, 0.25) is 0 Å². The van der Waals surface area contributed by atoms with Gasteiger partial charge in [0.05, 0.1) is 0 Å². The van der Waals surface area contributed by atoms with Gasteiger partial charge in [0.15, 0.2) is 5.78 Å². The van der Waals surface area contributed by atoms with E-state index in [0.29, 0.717) is 6.61 Å². The Hall–Kier alpha value is -1.94. The average molecular weight is 247 g/mol. The summed E-state index contributed by atoms with van der Waals surface area (Å²) in [6.07, 6.45) is 8.54. The number of hydrogen-bond donors (Lipinski definition) is 0. The van der Waals surface area contributed by atoms with Gasteiger partial charge in [0.2, 0.25) is 0 Å². The standard InChI is InChI=1S/C7H13NO2.C7H4O/c1-4-7(9)10-6-5-8(2)3;8-7-5-1-2-6(7)4-3-5/h4H,1,5-6H2,2-3H3;1-4H. The van der Waals surface area contributed by atoms with E-state index in [1.165, 1.54) is 0 Å². The Kier molecular flexibility index (Phi) is 5.27. The smallest absolute Gasteiger partial charge is 0.330 e. The molecule has 96 valence electrons. The van der Waals surface area contributed by atoms with E-state index in [-0.39, 0.29) is 11.8 Å². The summed E-state index contributed by atoms with van der Waals surface area (Å²) < 4.78 is 4.70. The summed E-state index contributed by atoms with van der Waals surface area (Å²) in [4.78, 5) is 23.1. The number of esters is 1. The second-order valence-corrected chi connectivity index (χ2v) is 4.08. The Morgan fingerprint density at radius 1 is 1.33 bits per heavy atom. The van der Waals surface area contributed by atoms with E-state index in [1.54, 1.807) is 0 Å². The van der Waals surface area contributed by atoms with Gasteiger partial charge in [-0.3, -0.25) is 4.79 Å². The Morgan fingerprint density at radius 3 is 2.17 bits per heavy atom. The molecule has 0 atom stereocenters. The molecule has 2 rings (SSSR count). The summed E-state index contributed by atoms with van der Waals surface area (Å²) in [6.45, 7) is 4.45. The Bertz CT molecular complexity index is 418. The van der Waals surface area contributed by atoms with Crippen LogP contribution in [0.3, 0.4) is 0 Å². The first kappa shape index (κ1) is 14.1. The largest absolute Gasteiger partial charge is 0.461 e. The van der Waals surface area contributed by atoms with Crippen LogP contribution >= 0.6 is 0 Å². The first-order valence-corrected chi connectivity index (χ1v) is 5.63. The fraction of sp³-hybridized carbons (Fsp3) is 0.286. The minimum absolute atomic E-state index is 0.185. The van der Waals surface area contributed by atoms with Crippen LogP contribution in [0.1, 0.15) is 0 Å². The molecule has 0 saturated heterocycles. The van der Waals surface area contributed by atoms with Gasteiger partial charge in [0, 0.05) is 23.8 Å². The zero-order valence-corrected chi connectivity index (χ0v) is 10.7. The van der Waals surface area contributed by atoms with Crippen molar-refractivity contribution in [2.45, 2.75) is 0 Å². The maximum absolute atomic E-state index is 10.8. The summed E-state index contributed by atoms with van der Waals surface area (Å²) in [5, 5.41) is 0. The molecule has 0 spiro atoms. The van der Waals surface area contributed by atoms with Gasteiger partial charge in [-0.2, -0.15) is 0 Å². The topological polar surface area (TPSA) is 46.6 Å². The normalized spacial score (nSPS) is 14.9. The van der Waals surface area contributed by atoms with Gasteiger partial charge in [-0.15, -0.1) is 0 Å². The van der Waals surface area contributed by atoms with E-state index in [9.17, 15) is 9.59 Å². The number of carbonyl (C=O) groups excluding carboxylic acids is 2. The summed E-state index contributed by atoms with van der Waals surface area (Å²) in [7, 11) is 3.84. The van der Waals surface area contributed by atoms with Crippen molar-refractivity contribution in [2.24, 2.45) is 0 Å². The Balaban J connectivity index is 0.000000182. The van der Waals surface area contributed by atoms with E-state index in [2.05, 4.69) is 6.58 Å². The highest BCUT2D eigenvalue weighted by Gasteiger charge is 2.19. The molecule has 4 nitrogen and oxygen atoms in total. The highest BCUT2D eigenvalue weighted by atomic mass is 16.5. The third-order valence-electron chi connectivity index (χ3n) is 2.36. The SMILES string of the molecule is C=CC(=O)OCCN(C)C.O=C1C2=CC=C1C=C2. The van der Waals surface area contributed by atoms with Crippen LogP contribution in [-0.4, -0.2) is 43.9 Å². The first-order valence-electron chi connectivity index (χ1n) is 5.63. The molecule has 0 aliphatic heterocycles. The molecule has 0 heterocycles. The van der Waals surface area contributed by atoms with Gasteiger partial charge >= 0.3 is 5.97 Å². The molecule has 0 N–H and O–H groups in total. The van der Waals surface area contributed by atoms with Crippen molar-refractivity contribution >= 4 is 11.8 Å². The molecule has 0 unspecified atom stereocenters. The van der Waals surface area contributed by atoms with Crippen LogP contribution in [0.5, 0.6) is 0 Å². The predicted molar refractivity (Wildman–Crippen MR) is 70.0 cm³/mol. The lowest BCUT2D eigenvalue weighted by Gasteiger charge is -2.07. The minimum atomic E-state index is -0.359. The van der Waals surface area contributed by atoms with Crippen molar-refractivity contribution in [1.82, 2.24) is 4.90 Å². The zero-order chi connectivity index (χ0) is 13.5. The fourth-order valence-electron chi connectivity index (χ4n) is 1.33. The number of rotatable bonds is 4. The van der Waals surface area contributed by atoms with Gasteiger partial charge in [-0.1, -0.05) is 30.9 Å². The number of hydrogen-bond acceptors (Lipinski definition) is 4. The van der Waals surface area contributed by atoms with Crippen LogP contribution in [0.15, 0.2) is 48.1 Å². The monoisotopic (exact) mass is 247 g/mol. The molecule has 18 heavy (non-hydrogen) atoms. The molecule has 0 radical (unpaired) electrons. The van der Waals surface area contributed by atoms with Crippen LogP contribution in [0.25, 0.3) is 0 Å². The third-order valence-corrected chi connectivity index (χ3v) is 2.36. The second-order valence-electron chi connectivity index (χ2n) is 4.08. The van der Waals surface area contributed by atoms with E-state index < -0.39 is 0 Å². The lowest BCUT2D eigenvalue weighted by Crippen LogP contribution is -2.19. The van der Waals surface area contributed by atoms with Crippen LogP contribution in [-0.2, 0) is 14.3 Å². The number of nitrogens with zero attached hydrogens (tertiary/aromatic N) is 1. The molecule has 0 amide bonds. The van der Waals surface area contributed by atoms with Gasteiger partial charge < -0.3 is 9.64 Å². The van der Waals surface area contributed by atoms with E-state index in [4.69, 9.17) is 4.74 Å². The fourth-order valence-corrected chi connectivity index (χ4v) is 1.33. The van der Waals surface area contributed by atoms with Gasteiger partial charge in [-0.05, 0) is 14.1 Å². The molecule has 0 aromatic heterocycles. The summed E-state index contributed by atoms with van der Waals surface area (Å²) in [5.41, 5.74) is 1.67. The summed E-state index contributed by atoms with van der Waals surface area (Å²) in [5.74, 6) is -0.174. The number of fused-ring (bicyclic) bond motifs is 2. The first-order chi connectivity index (χ1) is 8.54. The Labute approximate surface area is 107 Å². The van der Waals surface area contributed by atoms with Crippen LogP contribution < -0.4 is 0 Å². The van der Waals surface area contributed by atoms with Crippen molar-refractivity contribution in [3.05, 3.63) is 48.1 Å². The number of Topliss-reactive ketones (excluding diaryl/α,β-unsaturated/α-hetero) is 1. The third kappa shape index (κ3) is 4.14. The number of ketones is 1. The molecule has 2 aliphatic rings. The van der Waals surface area contributed by atoms with Crippen molar-refractivity contribution in [2.75, 3.05) is 27.2 Å². The van der Waals surface area contributed by atoms with Gasteiger partial charge in [0.25, 0.3) is 0 Å². The van der Waals surface area contributed by atoms with Crippen molar-refractivity contribution in [1.29, 1.82) is 0 Å². The van der Waals surface area contributed by atoms with Crippen molar-refractivity contribution in [3.63, 3.8) is 0 Å². The molecule has 0 fully saturated rings. The molecular weight excluding hydrogens is 230 g/mol. The number of allylic oxidation sites excluding steroid dienone is 6. The lowest BCUT2D eigenvalue weighted by molar-refractivity contribution is -0.138. The molecule has 0 saturated carbocycles. The van der Waals surface area contributed by atoms with Crippen LogP contribution in [0.4, 0.5) is 0 Å². The molecule has 2 bridgehead atoms. The molecule has 0 aromatic carbocycles. The van der Waals surface area contributed by atoms with E-state index in [0.717, 1.165) is 23.8 Å². The predicted octanol–water partition coefficient (Wildman–Crippen LogP) is 1.27. The quantitative estimate of drug-likeness (QED) is 0.554. The van der Waals surface area contributed by atoms with Gasteiger partial charge in [-0.25, -0.2) is 4.79 Å². The van der Waals surface area contributed by atoms with Crippen molar-refractivity contribution < 1.29 is 14.3 Å². The maximum atomic E-state index is 10.8. The molecular formula is C14H17NO3. The highest BCUT2D eigenvalue weighted by molar-refractivity contribution is 6.17. The number of likely N-dealkylation sites (N-methyl/N-ethyl adjacent to an activating group) is 1. The zero-order valence-electron chi connectivity index (χ0n) is 10.7. The van der Waals surface area contributed by atoms with E-state index in [1.807, 2.05) is 43.3 Å². The van der Waals surface area contributed by atoms with E-state index >= 15 is 0 Å². The van der Waals surface area contributed by atoms with Crippen molar-refractivity contribution in [3.8, 4) is 0 Å². The number of ether oxygens (including phenoxy) is 1. The second kappa shape index (κ2) is 6.71. The van der Waals surface area contributed by atoms with Crippen LogP contribution in [0, 0.1) is 0 Å². The average Bonchev–Trinajstić information content (AvgIpc) is 2.88. The lowest BCUT2D eigenvalue weighted by atomic mass is 10.2. The summed E-state index contributed by atoms with van der Waals surface area (Å²) >= 11 is 0. The maximum Gasteiger partial charge on any atom is 0.330 e. The minimum Gasteiger partial charge on any atom is -0.461 e. The Morgan fingerprint density at radius 2 is 1.89 bits per heavy atom. The molecule has 0 aromatic rings. The van der Waals surface area contributed by atoms with Gasteiger partial charge in [0.1, 0.15) is 6.61 Å². The molecule has 2 aliphatic carbocycles. The number of carbonyl (C=O) groups is 2. The summed E-state index contributed by atoms with van der Waals surface area (Å²) in [6, 6.07) is 0.